The maximum absolute atomic E-state index is 12.5. The average molecular weight is 765 g/mol. The summed E-state index contributed by atoms with van der Waals surface area (Å²) in [5.74, 6) is -0.602. The average Bonchev–Trinajstić information content (AvgIpc) is 3.10. The topological polar surface area (TPSA) is 187 Å². The summed E-state index contributed by atoms with van der Waals surface area (Å²) in [5, 5.41) is 0. The first-order chi connectivity index (χ1) is 24.5. The molecule has 0 spiro atoms. The molecule has 0 heterocycles. The zero-order chi connectivity index (χ0) is 37.8. The van der Waals surface area contributed by atoms with Crippen molar-refractivity contribution in [3.8, 4) is 0 Å². The van der Waals surface area contributed by atoms with E-state index in [0.717, 1.165) is 17.5 Å². The van der Waals surface area contributed by atoms with E-state index in [9.17, 15) is 43.7 Å². The molecule has 1 aliphatic rings. The minimum absolute atomic E-state index is 0.103. The van der Waals surface area contributed by atoms with Crippen LogP contribution in [-0.4, -0.2) is 57.8 Å². The van der Waals surface area contributed by atoms with Crippen LogP contribution in [0.15, 0.2) is 136 Å². The van der Waals surface area contributed by atoms with Crippen LogP contribution in [0.3, 0.4) is 0 Å². The molecule has 4 aromatic carbocycles. The van der Waals surface area contributed by atoms with E-state index < -0.39 is 41.0 Å². The van der Waals surface area contributed by atoms with Crippen molar-refractivity contribution in [2.24, 2.45) is 0 Å². The van der Waals surface area contributed by atoms with Crippen LogP contribution >= 0.6 is 0 Å². The van der Waals surface area contributed by atoms with E-state index in [4.69, 9.17) is 0 Å². The third-order valence-electron chi connectivity index (χ3n) is 8.45. The van der Waals surface area contributed by atoms with E-state index in [2.05, 4.69) is 0 Å². The highest BCUT2D eigenvalue weighted by atomic mass is 32.2. The summed E-state index contributed by atoms with van der Waals surface area (Å²) in [6.45, 7) is 5.58. The van der Waals surface area contributed by atoms with Crippen LogP contribution in [0.4, 0.5) is 11.4 Å². The Morgan fingerprint density at radius 3 is 1.37 bits per heavy atom. The molecule has 52 heavy (non-hydrogen) atoms. The molecule has 0 unspecified atom stereocenters. The Labute approximate surface area is 303 Å². The number of ketones is 1. The predicted octanol–water partition coefficient (Wildman–Crippen LogP) is 5.95. The Balaban J connectivity index is 1.53. The minimum atomic E-state index is -4.82. The van der Waals surface area contributed by atoms with Gasteiger partial charge in [-0.05, 0) is 102 Å². The number of hydrogen-bond donors (Lipinski definition) is 3. The lowest BCUT2D eigenvalue weighted by atomic mass is 9.90. The van der Waals surface area contributed by atoms with Crippen LogP contribution in [0, 0.1) is 0 Å². The number of nitrogens with zero attached hydrogens (tertiary/aromatic N) is 2. The predicted molar refractivity (Wildman–Crippen MR) is 199 cm³/mol. The molecule has 0 bridgehead atoms. The Kier molecular flexibility index (Phi) is 11.3. The van der Waals surface area contributed by atoms with Gasteiger partial charge in [0.15, 0.2) is 5.78 Å². The van der Waals surface area contributed by atoms with Gasteiger partial charge in [0.25, 0.3) is 30.4 Å². The molecule has 0 amide bonds. The number of rotatable bonds is 13. The number of carbonyl (C=O) groups excluding carboxylic acids is 1. The Hall–Kier alpha value is -4.90. The molecule has 5 rings (SSSR count). The first-order valence-corrected chi connectivity index (χ1v) is 20.3. The van der Waals surface area contributed by atoms with Crippen LogP contribution in [0.25, 0.3) is 5.57 Å². The largest absolute Gasteiger partial charge is 0.367 e. The summed E-state index contributed by atoms with van der Waals surface area (Å²) in [4.78, 5) is 15.2. The van der Waals surface area contributed by atoms with Gasteiger partial charge in [-0.2, -0.15) is 25.3 Å². The Morgan fingerprint density at radius 1 is 0.577 bits per heavy atom. The quantitative estimate of drug-likeness (QED) is 0.136. The third kappa shape index (κ3) is 9.11. The fourth-order valence-corrected chi connectivity index (χ4v) is 7.71. The van der Waals surface area contributed by atoms with E-state index in [1.165, 1.54) is 36.4 Å². The fraction of sp³-hybridized carbons (Fsp3) is 0.162. The standard InChI is InChI=1S/C37H36N2O10S3/c1-3-38(24-26-7-5-9-33(21-26)50(41,42)43)30-15-11-28(12-16-30)37(35-20-19-32(40)23-36(35)52(47,48)49)29-13-17-31(18-14-29)39(4-2)25-27-8-6-10-34(22-27)51(44,45)46/h5-23H,3-4,24-25H2,1-2H3,(H,41,42,43)(H,44,45,46)(H,47,48,49). The van der Waals surface area contributed by atoms with Gasteiger partial charge in [-0.3, -0.25) is 18.5 Å². The Bertz CT molecular complexity index is 2290. The molecule has 4 aromatic rings. The minimum Gasteiger partial charge on any atom is -0.367 e. The van der Waals surface area contributed by atoms with Gasteiger partial charge in [-0.25, -0.2) is 0 Å². The molecule has 272 valence electrons. The maximum atomic E-state index is 12.5. The number of anilines is 2. The van der Waals surface area contributed by atoms with Crippen molar-refractivity contribution in [1.29, 1.82) is 0 Å². The first-order valence-electron chi connectivity index (χ1n) is 16.0. The van der Waals surface area contributed by atoms with Crippen molar-refractivity contribution in [3.05, 3.63) is 148 Å². The summed E-state index contributed by atoms with van der Waals surface area (Å²) in [5.41, 5.74) is 4.48. The van der Waals surface area contributed by atoms with E-state index >= 15 is 0 Å². The smallest absolute Gasteiger partial charge is 0.295 e. The molecule has 1 aliphatic carbocycles. The van der Waals surface area contributed by atoms with Gasteiger partial charge >= 0.3 is 0 Å². The lowest BCUT2D eigenvalue weighted by molar-refractivity contribution is -0.110. The molecule has 0 atom stereocenters. The molecular formula is C37H36N2O10S3. The number of hydrogen-bond acceptors (Lipinski definition) is 9. The zero-order valence-corrected chi connectivity index (χ0v) is 30.6. The summed E-state index contributed by atoms with van der Waals surface area (Å²) in [6, 6.07) is 26.3. The van der Waals surface area contributed by atoms with Gasteiger partial charge < -0.3 is 9.80 Å². The molecule has 15 heteroatoms. The van der Waals surface area contributed by atoms with E-state index in [0.29, 0.717) is 54.0 Å². The van der Waals surface area contributed by atoms with Crippen LogP contribution in [0.2, 0.25) is 0 Å². The van der Waals surface area contributed by atoms with Crippen LogP contribution < -0.4 is 9.80 Å². The number of allylic oxidation sites excluding steroid dienone is 4. The number of benzene rings is 4. The molecule has 3 N–H and O–H groups in total. The van der Waals surface area contributed by atoms with Crippen molar-refractivity contribution in [2.75, 3.05) is 22.9 Å². The zero-order valence-electron chi connectivity index (χ0n) is 28.1. The molecule has 0 aliphatic heterocycles. The Morgan fingerprint density at radius 2 is 1.00 bits per heavy atom. The SMILES string of the molecule is CCN(Cc1cccc(S(=O)(=O)O)c1)c1ccc(C(=C2C=CC(=O)C=C2S(=O)(=O)O)c2ccc(N(CC)Cc3cccc(S(=O)(=O)O)c3)cc2)cc1. The second-order valence-corrected chi connectivity index (χ2v) is 16.1. The van der Waals surface area contributed by atoms with Crippen LogP contribution in [0.1, 0.15) is 36.1 Å². The summed E-state index contributed by atoms with van der Waals surface area (Å²) in [6.07, 6.45) is 3.43. The van der Waals surface area contributed by atoms with Crippen molar-refractivity contribution in [3.63, 3.8) is 0 Å². The maximum Gasteiger partial charge on any atom is 0.295 e. The van der Waals surface area contributed by atoms with E-state index in [1.54, 1.807) is 48.5 Å². The van der Waals surface area contributed by atoms with Gasteiger partial charge in [-0.1, -0.05) is 48.5 Å². The summed E-state index contributed by atoms with van der Waals surface area (Å²) >= 11 is 0. The van der Waals surface area contributed by atoms with E-state index in [-0.39, 0.29) is 15.4 Å². The summed E-state index contributed by atoms with van der Waals surface area (Å²) in [7, 11) is -13.6. The second kappa shape index (κ2) is 15.4. The first kappa shape index (κ1) is 38.3. The van der Waals surface area contributed by atoms with Crippen molar-refractivity contribution in [2.45, 2.75) is 36.7 Å². The molecule has 12 nitrogen and oxygen atoms in total. The monoisotopic (exact) mass is 764 g/mol. The van der Waals surface area contributed by atoms with Gasteiger partial charge in [0.2, 0.25) is 0 Å². The molecule has 0 fully saturated rings. The molecule has 0 aromatic heterocycles. The summed E-state index contributed by atoms with van der Waals surface area (Å²) < 4.78 is 101. The molecule has 0 saturated heterocycles. The second-order valence-electron chi connectivity index (χ2n) is 11.9. The lowest BCUT2D eigenvalue weighted by Crippen LogP contribution is -2.22. The van der Waals surface area contributed by atoms with Gasteiger partial charge in [0.05, 0.1) is 9.79 Å². The fourth-order valence-electron chi connectivity index (χ4n) is 5.90. The van der Waals surface area contributed by atoms with Gasteiger partial charge in [0.1, 0.15) is 4.91 Å². The molecular weight excluding hydrogens is 729 g/mol. The van der Waals surface area contributed by atoms with Crippen LogP contribution in [0.5, 0.6) is 0 Å². The highest BCUT2D eigenvalue weighted by Crippen LogP contribution is 2.36. The lowest BCUT2D eigenvalue weighted by Gasteiger charge is -2.25. The molecule has 0 radical (unpaired) electrons. The third-order valence-corrected chi connectivity index (χ3v) is 11.0. The molecule has 0 saturated carbocycles. The highest BCUT2D eigenvalue weighted by molar-refractivity contribution is 7.90. The van der Waals surface area contributed by atoms with Gasteiger partial charge in [0, 0.05) is 49.2 Å². The highest BCUT2D eigenvalue weighted by Gasteiger charge is 2.26. The normalized spacial score (nSPS) is 13.5. The van der Waals surface area contributed by atoms with Crippen molar-refractivity contribution >= 4 is 53.1 Å². The van der Waals surface area contributed by atoms with Crippen molar-refractivity contribution < 1.29 is 43.7 Å². The number of carbonyl (C=O) groups is 1. The van der Waals surface area contributed by atoms with E-state index in [1.807, 2.05) is 47.9 Å². The van der Waals surface area contributed by atoms with Gasteiger partial charge in [-0.15, -0.1) is 0 Å². The van der Waals surface area contributed by atoms with Crippen LogP contribution in [-0.2, 0) is 48.2 Å². The van der Waals surface area contributed by atoms with Crippen molar-refractivity contribution in [1.82, 2.24) is 0 Å².